The molecular formula is C20H24F2O3. The van der Waals surface area contributed by atoms with Gasteiger partial charge in [-0.3, -0.25) is 0 Å². The molecule has 5 heteroatoms. The zero-order valence-electron chi connectivity index (χ0n) is 14.6. The van der Waals surface area contributed by atoms with Gasteiger partial charge in [-0.15, -0.1) is 0 Å². The van der Waals surface area contributed by atoms with Gasteiger partial charge in [0.2, 0.25) is 11.7 Å². The predicted molar refractivity (Wildman–Crippen MR) is 92.3 cm³/mol. The van der Waals surface area contributed by atoms with Crippen LogP contribution >= 0.6 is 0 Å². The standard InChI is InChI=1S/C20H24F2O3/c1-19(21,24-13-17-9-5-3-6-10-17)15-23-16-20(2,22)25-14-18-11-7-4-8-12-18/h3-12H,13-16H2,1-2H3. The van der Waals surface area contributed by atoms with Crippen LogP contribution in [0.25, 0.3) is 0 Å². The van der Waals surface area contributed by atoms with Gasteiger partial charge in [0.25, 0.3) is 0 Å². The molecule has 2 aromatic rings. The van der Waals surface area contributed by atoms with E-state index in [0.717, 1.165) is 11.1 Å². The fraction of sp³-hybridized carbons (Fsp3) is 0.400. The predicted octanol–water partition coefficient (Wildman–Crippen LogP) is 4.81. The quantitative estimate of drug-likeness (QED) is 0.615. The molecular weight excluding hydrogens is 326 g/mol. The normalized spacial score (nSPS) is 16.2. The molecule has 0 radical (unpaired) electrons. The average molecular weight is 350 g/mol. The summed E-state index contributed by atoms with van der Waals surface area (Å²) in [6.45, 7) is 2.00. The average Bonchev–Trinajstić information content (AvgIpc) is 2.60. The van der Waals surface area contributed by atoms with Crippen molar-refractivity contribution in [1.29, 1.82) is 0 Å². The Kier molecular flexibility index (Phi) is 7.05. The lowest BCUT2D eigenvalue weighted by atomic mass is 10.2. The van der Waals surface area contributed by atoms with Gasteiger partial charge in [-0.1, -0.05) is 60.7 Å². The largest absolute Gasteiger partial charge is 0.370 e. The first-order valence-electron chi connectivity index (χ1n) is 8.18. The van der Waals surface area contributed by atoms with Crippen LogP contribution in [0.15, 0.2) is 60.7 Å². The van der Waals surface area contributed by atoms with Gasteiger partial charge in [0.15, 0.2) is 0 Å². The minimum atomic E-state index is -2.01. The van der Waals surface area contributed by atoms with Crippen LogP contribution in [0.1, 0.15) is 25.0 Å². The highest BCUT2D eigenvalue weighted by Crippen LogP contribution is 2.20. The fourth-order valence-corrected chi connectivity index (χ4v) is 2.12. The molecule has 2 rings (SSSR count). The summed E-state index contributed by atoms with van der Waals surface area (Å²) in [5, 5.41) is 0. The highest BCUT2D eigenvalue weighted by molar-refractivity contribution is 5.14. The molecule has 0 amide bonds. The zero-order valence-corrected chi connectivity index (χ0v) is 14.6. The minimum Gasteiger partial charge on any atom is -0.370 e. The van der Waals surface area contributed by atoms with Gasteiger partial charge in [0.05, 0.1) is 13.2 Å². The molecule has 0 aliphatic rings. The highest BCUT2D eigenvalue weighted by Gasteiger charge is 2.29. The number of rotatable bonds is 10. The van der Waals surface area contributed by atoms with Crippen molar-refractivity contribution >= 4 is 0 Å². The van der Waals surface area contributed by atoms with E-state index in [1.165, 1.54) is 13.8 Å². The van der Waals surface area contributed by atoms with E-state index in [0.29, 0.717) is 0 Å². The van der Waals surface area contributed by atoms with E-state index in [1.54, 1.807) is 0 Å². The first kappa shape index (κ1) is 19.5. The lowest BCUT2D eigenvalue weighted by Crippen LogP contribution is -2.34. The molecule has 0 aliphatic carbocycles. The number of hydrogen-bond acceptors (Lipinski definition) is 3. The number of alkyl halides is 2. The third-order valence-corrected chi connectivity index (χ3v) is 3.48. The maximum absolute atomic E-state index is 14.3. The summed E-state index contributed by atoms with van der Waals surface area (Å²) in [4.78, 5) is 0. The SMILES string of the molecule is CC(F)(COCC(C)(F)OCc1ccccc1)OCc1ccccc1. The van der Waals surface area contributed by atoms with Gasteiger partial charge in [-0.25, -0.2) is 8.78 Å². The van der Waals surface area contributed by atoms with Crippen LogP contribution in [0.3, 0.4) is 0 Å². The van der Waals surface area contributed by atoms with E-state index in [-0.39, 0.29) is 26.4 Å². The summed E-state index contributed by atoms with van der Waals surface area (Å²) in [5.74, 6) is -4.02. The molecule has 136 valence electrons. The summed E-state index contributed by atoms with van der Waals surface area (Å²) >= 11 is 0. The Morgan fingerprint density at radius 2 is 1.04 bits per heavy atom. The van der Waals surface area contributed by atoms with Crippen molar-refractivity contribution in [2.45, 2.75) is 38.8 Å². The van der Waals surface area contributed by atoms with E-state index in [9.17, 15) is 8.78 Å². The molecule has 0 saturated heterocycles. The number of benzene rings is 2. The molecule has 0 aliphatic heterocycles. The molecule has 0 bridgehead atoms. The Balaban J connectivity index is 1.70. The number of hydrogen-bond donors (Lipinski definition) is 0. The summed E-state index contributed by atoms with van der Waals surface area (Å²) in [5.41, 5.74) is 1.71. The molecule has 3 nitrogen and oxygen atoms in total. The van der Waals surface area contributed by atoms with Crippen LogP contribution in [0.4, 0.5) is 8.78 Å². The Morgan fingerprint density at radius 3 is 1.40 bits per heavy atom. The summed E-state index contributed by atoms with van der Waals surface area (Å²) in [7, 11) is 0. The van der Waals surface area contributed by atoms with E-state index in [2.05, 4.69) is 0 Å². The van der Waals surface area contributed by atoms with Crippen LogP contribution in [0.5, 0.6) is 0 Å². The van der Waals surface area contributed by atoms with Crippen LogP contribution in [-0.2, 0) is 27.4 Å². The molecule has 2 aromatic carbocycles. The van der Waals surface area contributed by atoms with Crippen molar-refractivity contribution in [3.63, 3.8) is 0 Å². The second-order valence-corrected chi connectivity index (χ2v) is 6.24. The maximum Gasteiger partial charge on any atom is 0.230 e. The van der Waals surface area contributed by atoms with Crippen molar-refractivity contribution in [2.75, 3.05) is 13.2 Å². The summed E-state index contributed by atoms with van der Waals surface area (Å²) in [6.07, 6.45) is 0. The van der Waals surface area contributed by atoms with Gasteiger partial charge >= 0.3 is 0 Å². The molecule has 0 saturated carbocycles. The third kappa shape index (κ3) is 7.73. The van der Waals surface area contributed by atoms with Crippen LogP contribution < -0.4 is 0 Å². The van der Waals surface area contributed by atoms with Gasteiger partial charge in [0.1, 0.15) is 13.2 Å². The molecule has 25 heavy (non-hydrogen) atoms. The maximum atomic E-state index is 14.3. The third-order valence-electron chi connectivity index (χ3n) is 3.48. The lowest BCUT2D eigenvalue weighted by Gasteiger charge is -2.25. The zero-order chi connectivity index (χ0) is 18.2. The van der Waals surface area contributed by atoms with E-state index >= 15 is 0 Å². The molecule has 0 N–H and O–H groups in total. The van der Waals surface area contributed by atoms with E-state index < -0.39 is 11.7 Å². The number of halogens is 2. The summed E-state index contributed by atoms with van der Waals surface area (Å²) < 4.78 is 44.1. The Bertz CT molecular complexity index is 560. The van der Waals surface area contributed by atoms with Gasteiger partial charge < -0.3 is 14.2 Å². The monoisotopic (exact) mass is 350 g/mol. The lowest BCUT2D eigenvalue weighted by molar-refractivity contribution is -0.216. The van der Waals surface area contributed by atoms with Gasteiger partial charge in [-0.05, 0) is 25.0 Å². The van der Waals surface area contributed by atoms with Crippen LogP contribution in [0, 0.1) is 0 Å². The van der Waals surface area contributed by atoms with Crippen molar-refractivity contribution < 1.29 is 23.0 Å². The van der Waals surface area contributed by atoms with Crippen molar-refractivity contribution in [1.82, 2.24) is 0 Å². The second-order valence-electron chi connectivity index (χ2n) is 6.24. The highest BCUT2D eigenvalue weighted by atomic mass is 19.2. The molecule has 2 atom stereocenters. The second kappa shape index (κ2) is 9.04. The smallest absolute Gasteiger partial charge is 0.230 e. The first-order chi connectivity index (χ1) is 11.9. The van der Waals surface area contributed by atoms with E-state index in [1.807, 2.05) is 60.7 Å². The van der Waals surface area contributed by atoms with Crippen molar-refractivity contribution in [2.24, 2.45) is 0 Å². The molecule has 0 fully saturated rings. The Labute approximate surface area is 147 Å². The number of ether oxygens (including phenoxy) is 3. The Hall–Kier alpha value is -1.82. The van der Waals surface area contributed by atoms with Crippen LogP contribution in [-0.4, -0.2) is 24.9 Å². The van der Waals surface area contributed by atoms with Gasteiger partial charge in [0, 0.05) is 0 Å². The van der Waals surface area contributed by atoms with E-state index in [4.69, 9.17) is 14.2 Å². The summed E-state index contributed by atoms with van der Waals surface area (Å²) in [6, 6.07) is 18.5. The fourth-order valence-electron chi connectivity index (χ4n) is 2.12. The van der Waals surface area contributed by atoms with Crippen LogP contribution in [0.2, 0.25) is 0 Å². The molecule has 0 heterocycles. The molecule has 2 unspecified atom stereocenters. The van der Waals surface area contributed by atoms with Crippen molar-refractivity contribution in [3.8, 4) is 0 Å². The Morgan fingerprint density at radius 1 is 0.680 bits per heavy atom. The topological polar surface area (TPSA) is 27.7 Å². The first-order valence-corrected chi connectivity index (χ1v) is 8.18. The molecule has 0 aromatic heterocycles. The van der Waals surface area contributed by atoms with Gasteiger partial charge in [-0.2, -0.15) is 0 Å². The van der Waals surface area contributed by atoms with Crippen molar-refractivity contribution in [3.05, 3.63) is 71.8 Å². The molecule has 0 spiro atoms. The minimum absolute atomic E-state index is 0.120.